The molecule has 5 nitrogen and oxygen atoms in total. The van der Waals surface area contributed by atoms with Crippen LogP contribution < -0.4 is 5.32 Å². The molecule has 0 spiro atoms. The zero-order valence-corrected chi connectivity index (χ0v) is 11.6. The fraction of sp³-hybridized carbons (Fsp3) is 0.769. The minimum absolute atomic E-state index is 0.635. The van der Waals surface area contributed by atoms with Crippen molar-refractivity contribution in [2.24, 2.45) is 7.05 Å². The molecule has 0 aromatic carbocycles. The van der Waals surface area contributed by atoms with Crippen molar-refractivity contribution < 1.29 is 9.84 Å². The van der Waals surface area contributed by atoms with E-state index < -0.39 is 5.60 Å². The van der Waals surface area contributed by atoms with Crippen molar-refractivity contribution >= 4 is 0 Å². The largest absolute Gasteiger partial charge is 0.390 e. The molecule has 0 saturated heterocycles. The van der Waals surface area contributed by atoms with Gasteiger partial charge in [-0.15, -0.1) is 0 Å². The number of nitrogens with one attached hydrogen (secondary N) is 1. The van der Waals surface area contributed by atoms with Crippen LogP contribution in [0.2, 0.25) is 0 Å². The first-order valence-electron chi connectivity index (χ1n) is 6.44. The number of hydrogen-bond donors (Lipinski definition) is 2. The molecule has 0 saturated carbocycles. The van der Waals surface area contributed by atoms with E-state index in [0.29, 0.717) is 6.61 Å². The van der Waals surface area contributed by atoms with Crippen LogP contribution in [-0.2, 0) is 18.2 Å². The number of hydrogen-bond acceptors (Lipinski definition) is 4. The lowest BCUT2D eigenvalue weighted by molar-refractivity contribution is 0.0417. The number of ether oxygens (including phenoxy) is 1. The van der Waals surface area contributed by atoms with Crippen LogP contribution in [0, 0.1) is 0 Å². The van der Waals surface area contributed by atoms with E-state index in [1.54, 1.807) is 13.3 Å². The molecule has 1 aromatic heterocycles. The van der Waals surface area contributed by atoms with Gasteiger partial charge in [0.05, 0.1) is 12.2 Å². The molecule has 2 N–H and O–H groups in total. The standard InChI is InChI=1S/C13H25N3O2/c1-13(17,7-9-14-10-11-18-3)6-4-12-5-8-15-16(12)2/h5,8,14,17H,4,6-7,9-11H2,1-3H3. The Kier molecular flexibility index (Phi) is 6.32. The molecule has 1 unspecified atom stereocenters. The first-order valence-corrected chi connectivity index (χ1v) is 6.44. The maximum atomic E-state index is 10.3. The second-order valence-electron chi connectivity index (χ2n) is 4.94. The molecular formula is C13H25N3O2. The summed E-state index contributed by atoms with van der Waals surface area (Å²) in [5, 5.41) is 17.6. The summed E-state index contributed by atoms with van der Waals surface area (Å²) in [6.45, 7) is 4.23. The molecular weight excluding hydrogens is 230 g/mol. The summed E-state index contributed by atoms with van der Waals surface area (Å²) in [6, 6.07) is 1.99. The average molecular weight is 255 g/mol. The molecule has 5 heteroatoms. The molecule has 0 aliphatic carbocycles. The summed E-state index contributed by atoms with van der Waals surface area (Å²) in [5.41, 5.74) is 0.521. The second kappa shape index (κ2) is 7.51. The van der Waals surface area contributed by atoms with Crippen LogP contribution in [0.1, 0.15) is 25.5 Å². The Balaban J connectivity index is 2.21. The van der Waals surface area contributed by atoms with E-state index in [4.69, 9.17) is 4.74 Å². The van der Waals surface area contributed by atoms with E-state index in [9.17, 15) is 5.11 Å². The van der Waals surface area contributed by atoms with Crippen molar-refractivity contribution in [1.29, 1.82) is 0 Å². The lowest BCUT2D eigenvalue weighted by atomic mass is 9.95. The predicted octanol–water partition coefficient (Wildman–Crippen LogP) is 0.730. The lowest BCUT2D eigenvalue weighted by Crippen LogP contribution is -2.31. The first kappa shape index (κ1) is 15.1. The van der Waals surface area contributed by atoms with Crippen LogP contribution in [0.25, 0.3) is 0 Å². The molecule has 1 heterocycles. The SMILES string of the molecule is COCCNCCC(C)(O)CCc1ccnn1C. The molecule has 0 aliphatic heterocycles. The number of aliphatic hydroxyl groups is 1. The molecule has 1 rings (SSSR count). The van der Waals surface area contributed by atoms with E-state index in [2.05, 4.69) is 10.4 Å². The van der Waals surface area contributed by atoms with E-state index in [-0.39, 0.29) is 0 Å². The van der Waals surface area contributed by atoms with Gasteiger partial charge < -0.3 is 15.2 Å². The summed E-state index contributed by atoms with van der Waals surface area (Å²) in [7, 11) is 3.61. The number of rotatable bonds is 9. The van der Waals surface area contributed by atoms with E-state index in [0.717, 1.165) is 38.0 Å². The Labute approximate surface area is 109 Å². The highest BCUT2D eigenvalue weighted by Crippen LogP contribution is 2.16. The summed E-state index contributed by atoms with van der Waals surface area (Å²) < 4.78 is 6.80. The molecule has 1 aromatic rings. The van der Waals surface area contributed by atoms with Gasteiger partial charge in [0.1, 0.15) is 0 Å². The van der Waals surface area contributed by atoms with Gasteiger partial charge in [-0.3, -0.25) is 4.68 Å². The lowest BCUT2D eigenvalue weighted by Gasteiger charge is -2.23. The highest BCUT2D eigenvalue weighted by molar-refractivity contribution is 5.00. The summed E-state index contributed by atoms with van der Waals surface area (Å²) in [4.78, 5) is 0. The molecule has 18 heavy (non-hydrogen) atoms. The van der Waals surface area contributed by atoms with Crippen molar-refractivity contribution in [3.05, 3.63) is 18.0 Å². The van der Waals surface area contributed by atoms with Crippen LogP contribution in [0.15, 0.2) is 12.3 Å². The van der Waals surface area contributed by atoms with Gasteiger partial charge in [-0.2, -0.15) is 5.10 Å². The Morgan fingerprint density at radius 3 is 2.83 bits per heavy atom. The maximum absolute atomic E-state index is 10.3. The zero-order valence-electron chi connectivity index (χ0n) is 11.6. The van der Waals surface area contributed by atoms with Crippen LogP contribution >= 0.6 is 0 Å². The first-order chi connectivity index (χ1) is 8.55. The second-order valence-corrected chi connectivity index (χ2v) is 4.94. The predicted molar refractivity (Wildman–Crippen MR) is 71.5 cm³/mol. The van der Waals surface area contributed by atoms with Gasteiger partial charge in [0.25, 0.3) is 0 Å². The van der Waals surface area contributed by atoms with Gasteiger partial charge in [0.2, 0.25) is 0 Å². The molecule has 0 amide bonds. The topological polar surface area (TPSA) is 59.3 Å². The third-order valence-electron chi connectivity index (χ3n) is 3.17. The van der Waals surface area contributed by atoms with E-state index in [1.165, 1.54) is 0 Å². The van der Waals surface area contributed by atoms with E-state index in [1.807, 2.05) is 24.7 Å². The van der Waals surface area contributed by atoms with Crippen molar-refractivity contribution in [2.45, 2.75) is 31.8 Å². The summed E-state index contributed by atoms with van der Waals surface area (Å²) >= 11 is 0. The van der Waals surface area contributed by atoms with Crippen molar-refractivity contribution in [3.63, 3.8) is 0 Å². The van der Waals surface area contributed by atoms with Crippen LogP contribution in [0.4, 0.5) is 0 Å². The number of methoxy groups -OCH3 is 1. The molecule has 104 valence electrons. The third-order valence-corrected chi connectivity index (χ3v) is 3.17. The number of nitrogens with zero attached hydrogens (tertiary/aromatic N) is 2. The van der Waals surface area contributed by atoms with Gasteiger partial charge in [-0.25, -0.2) is 0 Å². The number of aryl methyl sites for hydroxylation is 2. The van der Waals surface area contributed by atoms with Gasteiger partial charge in [0.15, 0.2) is 0 Å². The summed E-state index contributed by atoms with van der Waals surface area (Å²) in [6.07, 6.45) is 4.13. The Morgan fingerprint density at radius 1 is 1.44 bits per heavy atom. The minimum atomic E-state index is -0.635. The maximum Gasteiger partial charge on any atom is 0.0635 e. The monoisotopic (exact) mass is 255 g/mol. The third kappa shape index (κ3) is 5.62. The Hall–Kier alpha value is -0.910. The van der Waals surface area contributed by atoms with Crippen molar-refractivity contribution in [3.8, 4) is 0 Å². The van der Waals surface area contributed by atoms with Gasteiger partial charge in [-0.05, 0) is 38.8 Å². The quantitative estimate of drug-likeness (QED) is 0.639. The van der Waals surface area contributed by atoms with Crippen LogP contribution in [0.5, 0.6) is 0 Å². The van der Waals surface area contributed by atoms with Crippen LogP contribution in [-0.4, -0.2) is 47.3 Å². The molecule has 0 bridgehead atoms. The van der Waals surface area contributed by atoms with Gasteiger partial charge >= 0.3 is 0 Å². The average Bonchev–Trinajstić information content (AvgIpc) is 2.72. The molecule has 0 radical (unpaired) electrons. The number of aromatic nitrogens is 2. The highest BCUT2D eigenvalue weighted by Gasteiger charge is 2.20. The normalized spacial score (nSPS) is 14.7. The molecule has 0 aliphatic rings. The van der Waals surface area contributed by atoms with E-state index >= 15 is 0 Å². The molecule has 1 atom stereocenters. The van der Waals surface area contributed by atoms with Crippen LogP contribution in [0.3, 0.4) is 0 Å². The Bertz CT molecular complexity index is 337. The summed E-state index contributed by atoms with van der Waals surface area (Å²) in [5.74, 6) is 0. The minimum Gasteiger partial charge on any atom is -0.390 e. The van der Waals surface area contributed by atoms with Gasteiger partial charge in [0, 0.05) is 32.6 Å². The fourth-order valence-electron chi connectivity index (χ4n) is 1.83. The van der Waals surface area contributed by atoms with Crippen molar-refractivity contribution in [2.75, 3.05) is 26.8 Å². The fourth-order valence-corrected chi connectivity index (χ4v) is 1.83. The Morgan fingerprint density at radius 2 is 2.22 bits per heavy atom. The highest BCUT2D eigenvalue weighted by atomic mass is 16.5. The van der Waals surface area contributed by atoms with Gasteiger partial charge in [-0.1, -0.05) is 0 Å². The smallest absolute Gasteiger partial charge is 0.0635 e. The zero-order chi connectivity index (χ0) is 13.4. The molecule has 0 fully saturated rings. The van der Waals surface area contributed by atoms with Crippen molar-refractivity contribution in [1.82, 2.24) is 15.1 Å².